The van der Waals surface area contributed by atoms with Crippen molar-refractivity contribution in [3.63, 3.8) is 0 Å². The monoisotopic (exact) mass is 335 g/mol. The Balaban J connectivity index is 2.18. The summed E-state index contributed by atoms with van der Waals surface area (Å²) in [6.07, 6.45) is 0. The fourth-order valence-corrected chi connectivity index (χ4v) is 4.30. The molecule has 6 heteroatoms. The first-order valence-corrected chi connectivity index (χ1v) is 9.44. The molecular formula is C16H17NO3S2. The van der Waals surface area contributed by atoms with E-state index in [2.05, 4.69) is 0 Å². The fourth-order valence-electron chi connectivity index (χ4n) is 1.80. The summed E-state index contributed by atoms with van der Waals surface area (Å²) in [5, 5.41) is -0.481. The molecule has 0 amide bonds. The number of rotatable bonds is 4. The molecule has 0 unspecified atom stereocenters. The molecule has 2 aromatic carbocycles. The van der Waals surface area contributed by atoms with Crippen LogP contribution in [0.4, 0.5) is 5.69 Å². The van der Waals surface area contributed by atoms with Crippen LogP contribution in [0.1, 0.15) is 15.9 Å². The van der Waals surface area contributed by atoms with Crippen molar-refractivity contribution in [3.8, 4) is 0 Å². The Morgan fingerprint density at radius 2 is 1.50 bits per heavy atom. The summed E-state index contributed by atoms with van der Waals surface area (Å²) in [6.45, 7) is 1.88. The molecule has 0 aliphatic heterocycles. The van der Waals surface area contributed by atoms with Gasteiger partial charge in [-0.25, -0.2) is 8.42 Å². The van der Waals surface area contributed by atoms with Crippen LogP contribution in [0.5, 0.6) is 0 Å². The van der Waals surface area contributed by atoms with E-state index in [1.54, 1.807) is 36.4 Å². The number of carbonyl (C=O) groups excluding carboxylic acids is 1. The van der Waals surface area contributed by atoms with Crippen molar-refractivity contribution in [1.82, 2.24) is 0 Å². The van der Waals surface area contributed by atoms with Crippen molar-refractivity contribution in [3.05, 3.63) is 59.7 Å². The van der Waals surface area contributed by atoms with Gasteiger partial charge in [0, 0.05) is 25.3 Å². The Kier molecular flexibility index (Phi) is 4.93. The zero-order valence-electron chi connectivity index (χ0n) is 12.6. The van der Waals surface area contributed by atoms with E-state index in [1.807, 2.05) is 25.9 Å². The summed E-state index contributed by atoms with van der Waals surface area (Å²) in [4.78, 5) is 14.2. The lowest BCUT2D eigenvalue weighted by Gasteiger charge is -2.12. The Morgan fingerprint density at radius 1 is 0.955 bits per heavy atom. The van der Waals surface area contributed by atoms with E-state index in [4.69, 9.17) is 0 Å². The highest BCUT2D eigenvalue weighted by atomic mass is 33.1. The Bertz CT molecular complexity index is 764. The number of benzene rings is 2. The van der Waals surface area contributed by atoms with E-state index in [0.29, 0.717) is 16.4 Å². The standard InChI is InChI=1S/C16H17NO3S2/c1-12-4-10-15(11-5-12)22(19,20)21-16(18)13-6-8-14(9-7-13)17(2)3/h4-11H,1-3H3. The van der Waals surface area contributed by atoms with Gasteiger partial charge in [0.15, 0.2) is 0 Å². The molecule has 4 nitrogen and oxygen atoms in total. The van der Waals surface area contributed by atoms with Gasteiger partial charge in [0.25, 0.3) is 0 Å². The van der Waals surface area contributed by atoms with Crippen LogP contribution in [0.25, 0.3) is 0 Å². The number of aryl methyl sites for hydroxylation is 1. The zero-order chi connectivity index (χ0) is 16.3. The maximum absolute atomic E-state index is 12.2. The summed E-state index contributed by atoms with van der Waals surface area (Å²) in [7, 11) is 0.446. The van der Waals surface area contributed by atoms with E-state index < -0.39 is 14.0 Å². The number of nitrogens with zero attached hydrogens (tertiary/aromatic N) is 1. The van der Waals surface area contributed by atoms with Gasteiger partial charge in [-0.05, 0) is 43.3 Å². The third-order valence-electron chi connectivity index (χ3n) is 3.11. The number of anilines is 1. The van der Waals surface area contributed by atoms with E-state index in [1.165, 1.54) is 12.1 Å². The molecule has 0 N–H and O–H groups in total. The SMILES string of the molecule is Cc1ccc(S(=O)(=O)SC(=O)c2ccc(N(C)C)cc2)cc1. The third kappa shape index (κ3) is 3.90. The summed E-state index contributed by atoms with van der Waals surface area (Å²) in [6, 6.07) is 13.3. The second-order valence-electron chi connectivity index (χ2n) is 5.08. The quantitative estimate of drug-likeness (QED) is 0.802. The minimum absolute atomic E-state index is 0.140. The first-order chi connectivity index (χ1) is 10.3. The summed E-state index contributed by atoms with van der Waals surface area (Å²) in [5.41, 5.74) is 2.28. The van der Waals surface area contributed by atoms with E-state index in [9.17, 15) is 13.2 Å². The average Bonchev–Trinajstić information content (AvgIpc) is 2.47. The Labute approximate surface area is 134 Å². The minimum Gasteiger partial charge on any atom is -0.378 e. The highest BCUT2D eigenvalue weighted by Gasteiger charge is 2.21. The first kappa shape index (κ1) is 16.6. The molecular weight excluding hydrogens is 318 g/mol. The topological polar surface area (TPSA) is 54.5 Å². The molecule has 0 saturated heterocycles. The molecule has 0 fully saturated rings. The molecule has 0 aromatic heterocycles. The predicted octanol–water partition coefficient (Wildman–Crippen LogP) is 3.32. The van der Waals surface area contributed by atoms with Gasteiger partial charge in [0.2, 0.25) is 14.0 Å². The molecule has 0 aliphatic rings. The Morgan fingerprint density at radius 3 is 2.00 bits per heavy atom. The van der Waals surface area contributed by atoms with Crippen LogP contribution in [-0.2, 0) is 8.87 Å². The fraction of sp³-hybridized carbons (Fsp3) is 0.188. The van der Waals surface area contributed by atoms with E-state index >= 15 is 0 Å². The molecule has 0 atom stereocenters. The van der Waals surface area contributed by atoms with Crippen molar-refractivity contribution >= 4 is 30.5 Å². The zero-order valence-corrected chi connectivity index (χ0v) is 14.2. The van der Waals surface area contributed by atoms with Gasteiger partial charge in [-0.2, -0.15) is 0 Å². The van der Waals surface area contributed by atoms with E-state index in [-0.39, 0.29) is 4.90 Å². The molecule has 0 spiro atoms. The van der Waals surface area contributed by atoms with Crippen molar-refractivity contribution in [1.29, 1.82) is 0 Å². The molecule has 22 heavy (non-hydrogen) atoms. The van der Waals surface area contributed by atoms with E-state index in [0.717, 1.165) is 11.3 Å². The van der Waals surface area contributed by atoms with Gasteiger partial charge in [0.05, 0.1) is 15.7 Å². The number of hydrogen-bond donors (Lipinski definition) is 0. The molecule has 2 aromatic rings. The van der Waals surface area contributed by atoms with Gasteiger partial charge in [0.1, 0.15) is 0 Å². The van der Waals surface area contributed by atoms with Crippen LogP contribution >= 0.6 is 10.8 Å². The number of hydrogen-bond acceptors (Lipinski definition) is 5. The van der Waals surface area contributed by atoms with Gasteiger partial charge < -0.3 is 4.90 Å². The summed E-state index contributed by atoms with van der Waals surface area (Å²) >= 11 is 0. The van der Waals surface area contributed by atoms with Gasteiger partial charge >= 0.3 is 0 Å². The van der Waals surface area contributed by atoms with Gasteiger partial charge in [-0.1, -0.05) is 17.7 Å². The lowest BCUT2D eigenvalue weighted by atomic mass is 10.2. The summed E-state index contributed by atoms with van der Waals surface area (Å²) in [5.74, 6) is 0. The average molecular weight is 335 g/mol. The maximum atomic E-state index is 12.2. The molecule has 0 saturated carbocycles. The highest BCUT2D eigenvalue weighted by Crippen LogP contribution is 2.27. The molecule has 0 aliphatic carbocycles. The van der Waals surface area contributed by atoms with Crippen LogP contribution in [0.3, 0.4) is 0 Å². The van der Waals surface area contributed by atoms with Crippen LogP contribution in [0.15, 0.2) is 53.4 Å². The second kappa shape index (κ2) is 6.54. The maximum Gasteiger partial charge on any atom is 0.237 e. The van der Waals surface area contributed by atoms with Gasteiger partial charge in [-0.3, -0.25) is 4.79 Å². The van der Waals surface area contributed by atoms with Crippen molar-refractivity contribution in [2.45, 2.75) is 11.8 Å². The highest BCUT2D eigenvalue weighted by molar-refractivity contribution is 8.78. The lowest BCUT2D eigenvalue weighted by molar-refractivity contribution is 0.109. The van der Waals surface area contributed by atoms with Crippen LogP contribution in [0.2, 0.25) is 0 Å². The van der Waals surface area contributed by atoms with Crippen molar-refractivity contribution in [2.24, 2.45) is 0 Å². The summed E-state index contributed by atoms with van der Waals surface area (Å²) < 4.78 is 24.5. The van der Waals surface area contributed by atoms with Crippen molar-refractivity contribution < 1.29 is 13.2 Å². The lowest BCUT2D eigenvalue weighted by Crippen LogP contribution is -2.08. The second-order valence-corrected chi connectivity index (χ2v) is 8.81. The molecule has 116 valence electrons. The molecule has 0 heterocycles. The van der Waals surface area contributed by atoms with Crippen LogP contribution in [0, 0.1) is 6.92 Å². The first-order valence-electron chi connectivity index (χ1n) is 6.62. The molecule has 2 rings (SSSR count). The van der Waals surface area contributed by atoms with Crippen LogP contribution in [-0.4, -0.2) is 27.6 Å². The smallest absolute Gasteiger partial charge is 0.237 e. The molecule has 0 radical (unpaired) electrons. The Hall–Kier alpha value is -1.79. The van der Waals surface area contributed by atoms with Gasteiger partial charge in [-0.15, -0.1) is 0 Å². The largest absolute Gasteiger partial charge is 0.378 e. The van der Waals surface area contributed by atoms with Crippen LogP contribution < -0.4 is 4.90 Å². The predicted molar refractivity (Wildman–Crippen MR) is 91.1 cm³/mol. The number of carbonyl (C=O) groups is 1. The third-order valence-corrected chi connectivity index (χ3v) is 6.26. The molecule has 0 bridgehead atoms. The minimum atomic E-state index is -3.69. The van der Waals surface area contributed by atoms with Crippen molar-refractivity contribution in [2.75, 3.05) is 19.0 Å². The normalized spacial score (nSPS) is 11.2.